The normalized spacial score (nSPS) is 12.5. The maximum absolute atomic E-state index is 12.7. The first-order valence-electron chi connectivity index (χ1n) is 8.33. The van der Waals surface area contributed by atoms with Crippen LogP contribution in [0.4, 0.5) is 5.69 Å². The van der Waals surface area contributed by atoms with E-state index in [0.717, 1.165) is 12.0 Å². The van der Waals surface area contributed by atoms with Crippen LogP contribution in [-0.4, -0.2) is 21.4 Å². The molecule has 0 aromatic heterocycles. The van der Waals surface area contributed by atoms with Gasteiger partial charge in [0.2, 0.25) is 15.9 Å². The van der Waals surface area contributed by atoms with Crippen molar-refractivity contribution in [3.8, 4) is 5.75 Å². The van der Waals surface area contributed by atoms with Gasteiger partial charge >= 0.3 is 0 Å². The van der Waals surface area contributed by atoms with E-state index in [4.69, 9.17) is 4.74 Å². The third-order valence-corrected chi connectivity index (χ3v) is 5.55. The molecule has 0 aliphatic carbocycles. The number of hydrogen-bond acceptors (Lipinski definition) is 4. The van der Waals surface area contributed by atoms with Crippen molar-refractivity contribution in [2.75, 3.05) is 12.4 Å². The minimum absolute atomic E-state index is 0.0699. The molecule has 1 amide bonds. The number of aryl methyl sites for hydroxylation is 1. The first-order chi connectivity index (χ1) is 12.3. The highest BCUT2D eigenvalue weighted by atomic mass is 32.2. The molecule has 2 rings (SSSR count). The Bertz CT molecular complexity index is 877. The molecule has 0 saturated carbocycles. The highest BCUT2D eigenvalue weighted by Gasteiger charge is 2.20. The van der Waals surface area contributed by atoms with Crippen LogP contribution in [0.25, 0.3) is 0 Å². The summed E-state index contributed by atoms with van der Waals surface area (Å²) in [5.74, 6) is 0.0178. The van der Waals surface area contributed by atoms with Gasteiger partial charge in [0, 0.05) is 19.0 Å². The van der Waals surface area contributed by atoms with Gasteiger partial charge in [-0.25, -0.2) is 13.1 Å². The SMILES string of the molecule is CCc1ccc(C(C)NS(=O)(=O)c2ccc(NC(C)=O)c(OC)c2)cc1. The van der Waals surface area contributed by atoms with E-state index in [1.165, 1.54) is 37.8 Å². The van der Waals surface area contributed by atoms with E-state index < -0.39 is 10.0 Å². The predicted molar refractivity (Wildman–Crippen MR) is 102 cm³/mol. The number of nitrogens with one attached hydrogen (secondary N) is 2. The van der Waals surface area contributed by atoms with E-state index in [0.29, 0.717) is 5.69 Å². The number of carbonyl (C=O) groups is 1. The zero-order chi connectivity index (χ0) is 19.3. The summed E-state index contributed by atoms with van der Waals surface area (Å²) in [4.78, 5) is 11.3. The molecule has 7 heteroatoms. The van der Waals surface area contributed by atoms with Gasteiger partial charge < -0.3 is 10.1 Å². The maximum atomic E-state index is 12.7. The van der Waals surface area contributed by atoms with E-state index in [2.05, 4.69) is 17.0 Å². The summed E-state index contributed by atoms with van der Waals surface area (Å²) in [6, 6.07) is 11.8. The molecular weight excluding hydrogens is 352 g/mol. The molecule has 1 atom stereocenters. The Balaban J connectivity index is 2.24. The fourth-order valence-corrected chi connectivity index (χ4v) is 3.79. The number of methoxy groups -OCH3 is 1. The van der Waals surface area contributed by atoms with Gasteiger partial charge in [0.1, 0.15) is 5.75 Å². The van der Waals surface area contributed by atoms with Crippen LogP contribution in [-0.2, 0) is 21.2 Å². The number of ether oxygens (including phenoxy) is 1. The molecule has 6 nitrogen and oxygen atoms in total. The van der Waals surface area contributed by atoms with Crippen LogP contribution in [0.1, 0.15) is 37.9 Å². The van der Waals surface area contributed by atoms with Gasteiger partial charge in [0.15, 0.2) is 0 Å². The predicted octanol–water partition coefficient (Wildman–Crippen LogP) is 3.26. The van der Waals surface area contributed by atoms with Crippen LogP contribution < -0.4 is 14.8 Å². The Morgan fingerprint density at radius 2 is 1.81 bits per heavy atom. The van der Waals surface area contributed by atoms with Gasteiger partial charge in [-0.2, -0.15) is 0 Å². The Morgan fingerprint density at radius 1 is 1.15 bits per heavy atom. The van der Waals surface area contributed by atoms with Gasteiger partial charge in [0.05, 0.1) is 17.7 Å². The zero-order valence-corrected chi connectivity index (χ0v) is 16.2. The van der Waals surface area contributed by atoms with Crippen molar-refractivity contribution >= 4 is 21.6 Å². The number of carbonyl (C=O) groups excluding carboxylic acids is 1. The molecule has 140 valence electrons. The van der Waals surface area contributed by atoms with Crippen molar-refractivity contribution in [3.05, 3.63) is 53.6 Å². The summed E-state index contributed by atoms with van der Waals surface area (Å²) in [6.45, 7) is 5.23. The van der Waals surface area contributed by atoms with E-state index in [9.17, 15) is 13.2 Å². The summed E-state index contributed by atoms with van der Waals surface area (Å²) in [6.07, 6.45) is 0.931. The number of rotatable bonds is 7. The van der Waals surface area contributed by atoms with Crippen LogP contribution >= 0.6 is 0 Å². The molecule has 0 bridgehead atoms. The molecular formula is C19H24N2O4S. The van der Waals surface area contributed by atoms with Crippen LogP contribution in [0.3, 0.4) is 0 Å². The summed E-state index contributed by atoms with van der Waals surface area (Å²) < 4.78 is 33.2. The van der Waals surface area contributed by atoms with Gasteiger partial charge in [-0.15, -0.1) is 0 Å². The lowest BCUT2D eigenvalue weighted by molar-refractivity contribution is -0.114. The Morgan fingerprint density at radius 3 is 2.35 bits per heavy atom. The molecule has 2 aromatic rings. The van der Waals surface area contributed by atoms with Crippen molar-refractivity contribution in [1.82, 2.24) is 4.72 Å². The van der Waals surface area contributed by atoms with Crippen molar-refractivity contribution in [2.45, 2.75) is 38.1 Å². The quantitative estimate of drug-likeness (QED) is 0.777. The topological polar surface area (TPSA) is 84.5 Å². The Hall–Kier alpha value is -2.38. The molecule has 0 saturated heterocycles. The van der Waals surface area contributed by atoms with Crippen molar-refractivity contribution in [1.29, 1.82) is 0 Å². The molecule has 0 aliphatic rings. The molecule has 0 fully saturated rings. The summed E-state index contributed by atoms with van der Waals surface area (Å²) in [7, 11) is -2.32. The van der Waals surface area contributed by atoms with Crippen molar-refractivity contribution in [2.24, 2.45) is 0 Å². The van der Waals surface area contributed by atoms with Crippen LogP contribution in [0.15, 0.2) is 47.4 Å². The van der Waals surface area contributed by atoms with Crippen LogP contribution in [0.5, 0.6) is 5.75 Å². The van der Waals surface area contributed by atoms with Crippen molar-refractivity contribution < 1.29 is 17.9 Å². The smallest absolute Gasteiger partial charge is 0.241 e. The molecule has 0 heterocycles. The highest BCUT2D eigenvalue weighted by molar-refractivity contribution is 7.89. The van der Waals surface area contributed by atoms with Crippen LogP contribution in [0, 0.1) is 0 Å². The first-order valence-corrected chi connectivity index (χ1v) is 9.82. The second-order valence-electron chi connectivity index (χ2n) is 5.98. The number of amides is 1. The molecule has 0 aliphatic heterocycles. The minimum Gasteiger partial charge on any atom is -0.495 e. The third-order valence-electron chi connectivity index (χ3n) is 4.01. The lowest BCUT2D eigenvalue weighted by Crippen LogP contribution is -2.27. The standard InChI is InChI=1S/C19H24N2O4S/c1-5-15-6-8-16(9-7-15)13(2)21-26(23,24)17-10-11-18(20-14(3)22)19(12-17)25-4/h6-13,21H,5H2,1-4H3,(H,20,22). The average molecular weight is 376 g/mol. The van der Waals surface area contributed by atoms with E-state index in [1.54, 1.807) is 6.92 Å². The lowest BCUT2D eigenvalue weighted by Gasteiger charge is -2.16. The second kappa shape index (κ2) is 8.33. The average Bonchev–Trinajstić information content (AvgIpc) is 2.61. The fourth-order valence-electron chi connectivity index (χ4n) is 2.54. The third kappa shape index (κ3) is 4.83. The van der Waals surface area contributed by atoms with Crippen molar-refractivity contribution in [3.63, 3.8) is 0 Å². The summed E-state index contributed by atoms with van der Waals surface area (Å²) >= 11 is 0. The number of hydrogen-bond donors (Lipinski definition) is 2. The molecule has 0 spiro atoms. The zero-order valence-electron chi connectivity index (χ0n) is 15.4. The fraction of sp³-hybridized carbons (Fsp3) is 0.316. The molecule has 26 heavy (non-hydrogen) atoms. The largest absolute Gasteiger partial charge is 0.495 e. The molecule has 0 radical (unpaired) electrons. The summed E-state index contributed by atoms with van der Waals surface area (Å²) in [5.41, 5.74) is 2.50. The Labute approximate surface area is 154 Å². The van der Waals surface area contributed by atoms with E-state index in [-0.39, 0.29) is 22.6 Å². The number of anilines is 1. The monoisotopic (exact) mass is 376 g/mol. The molecule has 1 unspecified atom stereocenters. The first kappa shape index (κ1) is 19.9. The second-order valence-corrected chi connectivity index (χ2v) is 7.70. The number of benzene rings is 2. The van der Waals surface area contributed by atoms with E-state index in [1.807, 2.05) is 24.3 Å². The Kier molecular flexibility index (Phi) is 6.39. The highest BCUT2D eigenvalue weighted by Crippen LogP contribution is 2.28. The maximum Gasteiger partial charge on any atom is 0.241 e. The van der Waals surface area contributed by atoms with Gasteiger partial charge in [-0.05, 0) is 36.6 Å². The summed E-state index contributed by atoms with van der Waals surface area (Å²) in [5, 5.41) is 2.60. The minimum atomic E-state index is -3.74. The lowest BCUT2D eigenvalue weighted by atomic mass is 10.1. The van der Waals surface area contributed by atoms with Gasteiger partial charge in [0.25, 0.3) is 0 Å². The van der Waals surface area contributed by atoms with E-state index >= 15 is 0 Å². The molecule has 2 N–H and O–H groups in total. The van der Waals surface area contributed by atoms with Gasteiger partial charge in [-0.3, -0.25) is 4.79 Å². The van der Waals surface area contributed by atoms with Gasteiger partial charge in [-0.1, -0.05) is 31.2 Å². The van der Waals surface area contributed by atoms with Crippen LogP contribution in [0.2, 0.25) is 0 Å². The number of sulfonamides is 1. The molecule has 2 aromatic carbocycles.